The number of aromatic nitrogens is 12. The molecule has 0 aliphatic carbocycles. The Bertz CT molecular complexity index is 1600. The molecule has 0 saturated heterocycles. The van der Waals surface area contributed by atoms with E-state index >= 15 is 0 Å². The van der Waals surface area contributed by atoms with Gasteiger partial charge >= 0.3 is 0 Å². The first-order chi connectivity index (χ1) is 21.1. The normalized spacial score (nSPS) is 10.9. The molecular weight excluding hydrogens is 568 g/mol. The number of fused-ring (bicyclic) bond motifs is 2. The molecule has 0 bridgehead atoms. The van der Waals surface area contributed by atoms with Gasteiger partial charge in [0.2, 0.25) is 29.5 Å². The van der Waals surface area contributed by atoms with E-state index in [0.29, 0.717) is 80.9 Å². The number of aromatic amines is 2. The Hall–Kier alpha value is -5.30. The number of hydrogen-bond donors (Lipinski definition) is 5. The van der Waals surface area contributed by atoms with Gasteiger partial charge in [0, 0.05) is 6.54 Å². The summed E-state index contributed by atoms with van der Waals surface area (Å²) in [5.41, 5.74) is 18.3. The highest BCUT2D eigenvalue weighted by Gasteiger charge is 2.12. The minimum atomic E-state index is -0.0927. The van der Waals surface area contributed by atoms with Crippen molar-refractivity contribution in [2.45, 2.75) is 13.2 Å². The lowest BCUT2D eigenvalue weighted by Crippen LogP contribution is -2.15. The molecule has 5 aromatic rings. The number of nitrogen functional groups attached to an aromatic ring is 2. The predicted octanol–water partition coefficient (Wildman–Crippen LogP) is -1.65. The lowest BCUT2D eigenvalue weighted by molar-refractivity contribution is 0.0136. The second-order valence-electron chi connectivity index (χ2n) is 8.14. The Balaban J connectivity index is 0.000000251. The van der Waals surface area contributed by atoms with Crippen LogP contribution in [-0.4, -0.2) is 113 Å². The Morgan fingerprint density at radius 2 is 1.37 bits per heavy atom. The Labute approximate surface area is 243 Å². The Morgan fingerprint density at radius 1 is 0.791 bits per heavy atom. The van der Waals surface area contributed by atoms with Gasteiger partial charge in [-0.3, -0.25) is 0 Å². The highest BCUT2D eigenvalue weighted by Crippen LogP contribution is 2.20. The predicted molar refractivity (Wildman–Crippen MR) is 147 cm³/mol. The van der Waals surface area contributed by atoms with Crippen molar-refractivity contribution in [3.05, 3.63) is 18.5 Å². The Kier molecular flexibility index (Phi) is 11.6. The van der Waals surface area contributed by atoms with Crippen molar-refractivity contribution in [2.24, 2.45) is 5.73 Å². The molecule has 5 aromatic heterocycles. The molecule has 0 aromatic carbocycles. The maximum absolute atomic E-state index is 8.34. The van der Waals surface area contributed by atoms with E-state index in [9.17, 15) is 0 Å². The SMILES string of the molecule is N#CCOc1nc(N)nc2nc[nH]c12.NCCOCCOCCOCCn1nnc(COc2nc(N)nc3nc[nH]c23)n1. The van der Waals surface area contributed by atoms with Crippen LogP contribution in [0.3, 0.4) is 0 Å². The number of ether oxygens (including phenoxy) is 5. The Morgan fingerprint density at radius 3 is 1.98 bits per heavy atom. The molecule has 5 heterocycles. The third-order valence-electron chi connectivity index (χ3n) is 5.09. The lowest BCUT2D eigenvalue weighted by atomic mass is 10.5. The van der Waals surface area contributed by atoms with Crippen LogP contribution in [0.25, 0.3) is 22.3 Å². The van der Waals surface area contributed by atoms with Gasteiger partial charge in [-0.05, 0) is 5.21 Å². The largest absolute Gasteiger partial charge is 0.468 e. The molecule has 0 radical (unpaired) electrons. The molecule has 0 aliphatic rings. The average Bonchev–Trinajstić information content (AvgIpc) is 3.77. The van der Waals surface area contributed by atoms with Crippen LogP contribution in [0.15, 0.2) is 12.7 Å². The summed E-state index contributed by atoms with van der Waals surface area (Å²) in [5.74, 6) is 1.05. The molecule has 43 heavy (non-hydrogen) atoms. The number of anilines is 2. The van der Waals surface area contributed by atoms with Crippen LogP contribution in [0.4, 0.5) is 11.9 Å². The van der Waals surface area contributed by atoms with Crippen LogP contribution in [0.5, 0.6) is 11.8 Å². The van der Waals surface area contributed by atoms with Crippen LogP contribution in [0.2, 0.25) is 0 Å². The first kappa shape index (κ1) is 30.7. The molecule has 0 fully saturated rings. The van der Waals surface area contributed by atoms with Gasteiger partial charge in [-0.25, -0.2) is 9.97 Å². The van der Waals surface area contributed by atoms with Crippen LogP contribution in [-0.2, 0) is 27.4 Å². The maximum atomic E-state index is 8.34. The zero-order chi connectivity index (χ0) is 30.3. The maximum Gasteiger partial charge on any atom is 0.246 e. The third-order valence-corrected chi connectivity index (χ3v) is 5.09. The summed E-state index contributed by atoms with van der Waals surface area (Å²) in [6, 6.07) is 1.83. The van der Waals surface area contributed by atoms with Crippen molar-refractivity contribution in [2.75, 3.05) is 64.3 Å². The van der Waals surface area contributed by atoms with Crippen molar-refractivity contribution in [1.82, 2.24) is 60.1 Å². The zero-order valence-corrected chi connectivity index (χ0v) is 22.9. The zero-order valence-electron chi connectivity index (χ0n) is 22.9. The van der Waals surface area contributed by atoms with E-state index in [2.05, 4.69) is 55.3 Å². The first-order valence-corrected chi connectivity index (χ1v) is 12.8. The summed E-state index contributed by atoms with van der Waals surface area (Å²) in [4.78, 5) is 30.8. The van der Waals surface area contributed by atoms with Gasteiger partial charge in [0.25, 0.3) is 0 Å². The van der Waals surface area contributed by atoms with Crippen LogP contribution in [0, 0.1) is 11.3 Å². The monoisotopic (exact) mass is 598 g/mol. The number of nitriles is 1. The number of hydrogen-bond acceptors (Lipinski definition) is 18. The molecule has 21 nitrogen and oxygen atoms in total. The number of nitrogens with zero attached hydrogens (tertiary/aromatic N) is 11. The summed E-state index contributed by atoms with van der Waals surface area (Å²) < 4.78 is 26.7. The van der Waals surface area contributed by atoms with E-state index in [4.69, 9.17) is 46.1 Å². The number of imidazole rings is 2. The fourth-order valence-electron chi connectivity index (χ4n) is 3.29. The van der Waals surface area contributed by atoms with E-state index in [0.717, 1.165) is 0 Å². The quantitative estimate of drug-likeness (QED) is 0.0794. The second-order valence-corrected chi connectivity index (χ2v) is 8.14. The van der Waals surface area contributed by atoms with Gasteiger partial charge in [0.05, 0.1) is 58.8 Å². The van der Waals surface area contributed by atoms with Crippen LogP contribution >= 0.6 is 0 Å². The van der Waals surface area contributed by atoms with Crippen LogP contribution in [0.1, 0.15) is 5.82 Å². The molecule has 5 rings (SSSR count). The first-order valence-electron chi connectivity index (χ1n) is 12.8. The standard InChI is InChI=1S/C15H24N10O4.C7H6N6O/c16-1-3-26-5-7-28-8-6-27-4-2-25-23-11(22-24-25)9-29-14-12-13(19-10-18-12)20-15(17)21-14;8-1-2-14-6-4-5(11-3-10-4)12-7(9)13-6/h10H,1-9,16H2,(H3,17,18,19,20,21);3H,2H2,(H3,9,10,11,12,13). The number of H-pyrrole nitrogens is 2. The van der Waals surface area contributed by atoms with E-state index in [1.54, 1.807) is 0 Å². The smallest absolute Gasteiger partial charge is 0.246 e. The number of nitrogens with one attached hydrogen (secondary N) is 2. The summed E-state index contributed by atoms with van der Waals surface area (Å²) in [6.45, 7) is 3.92. The number of nitrogens with two attached hydrogens (primary N) is 3. The summed E-state index contributed by atoms with van der Waals surface area (Å²) in [5, 5.41) is 20.5. The molecule has 0 amide bonds. The van der Waals surface area contributed by atoms with Crippen molar-refractivity contribution in [3.8, 4) is 17.8 Å². The van der Waals surface area contributed by atoms with Gasteiger partial charge in [-0.15, -0.1) is 10.2 Å². The highest BCUT2D eigenvalue weighted by atomic mass is 16.5. The van der Waals surface area contributed by atoms with Gasteiger partial charge in [0.1, 0.15) is 17.1 Å². The summed E-state index contributed by atoms with van der Waals surface area (Å²) >= 11 is 0. The summed E-state index contributed by atoms with van der Waals surface area (Å²) in [6.07, 6.45) is 2.94. The fourth-order valence-corrected chi connectivity index (χ4v) is 3.29. The second kappa shape index (κ2) is 16.2. The summed E-state index contributed by atoms with van der Waals surface area (Å²) in [7, 11) is 0. The topological polar surface area (TPSA) is 301 Å². The number of rotatable bonds is 16. The van der Waals surface area contributed by atoms with Crippen molar-refractivity contribution < 1.29 is 23.7 Å². The lowest BCUT2D eigenvalue weighted by Gasteiger charge is -2.06. The molecule has 21 heteroatoms. The molecule has 0 atom stereocenters. The highest BCUT2D eigenvalue weighted by molar-refractivity contribution is 5.77. The van der Waals surface area contributed by atoms with Crippen molar-refractivity contribution >= 4 is 34.2 Å². The van der Waals surface area contributed by atoms with E-state index < -0.39 is 0 Å². The minimum Gasteiger partial charge on any atom is -0.468 e. The molecule has 0 aliphatic heterocycles. The minimum absolute atomic E-state index is 0.0672. The van der Waals surface area contributed by atoms with Gasteiger partial charge < -0.3 is 50.9 Å². The van der Waals surface area contributed by atoms with E-state index in [-0.39, 0.29) is 36.9 Å². The van der Waals surface area contributed by atoms with Gasteiger partial charge in [-0.2, -0.15) is 30.0 Å². The average molecular weight is 599 g/mol. The molecule has 228 valence electrons. The fraction of sp³-hybridized carbons (Fsp3) is 0.455. The molecule has 0 saturated carbocycles. The van der Waals surface area contributed by atoms with Crippen LogP contribution < -0.4 is 26.7 Å². The van der Waals surface area contributed by atoms with Gasteiger partial charge in [0.15, 0.2) is 24.5 Å². The van der Waals surface area contributed by atoms with E-state index in [1.807, 2.05) is 6.07 Å². The van der Waals surface area contributed by atoms with E-state index in [1.165, 1.54) is 17.5 Å². The molecule has 0 spiro atoms. The molecular formula is C22H30N16O5. The molecule has 0 unspecified atom stereocenters. The van der Waals surface area contributed by atoms with Gasteiger partial charge in [-0.1, -0.05) is 0 Å². The molecule has 8 N–H and O–H groups in total. The van der Waals surface area contributed by atoms with Crippen molar-refractivity contribution in [1.29, 1.82) is 5.26 Å². The third kappa shape index (κ3) is 9.36. The van der Waals surface area contributed by atoms with Crippen molar-refractivity contribution in [3.63, 3.8) is 0 Å². The number of tetrazole rings is 1.